The second kappa shape index (κ2) is 8.88. The highest BCUT2D eigenvalue weighted by Crippen LogP contribution is 2.28. The lowest BCUT2D eigenvalue weighted by atomic mass is 10.0. The van der Waals surface area contributed by atoms with E-state index in [1.54, 1.807) is 0 Å². The Bertz CT molecular complexity index is 792. The molecule has 2 aromatic rings. The average molecular weight is 387 g/mol. The fourth-order valence-corrected chi connectivity index (χ4v) is 3.59. The number of nitrogens with zero attached hydrogens (tertiary/aromatic N) is 2. The van der Waals surface area contributed by atoms with Crippen LogP contribution in [0.3, 0.4) is 0 Å². The summed E-state index contributed by atoms with van der Waals surface area (Å²) in [5.41, 5.74) is 1.87. The molecular weight excluding hydrogens is 364 g/mol. The van der Waals surface area contributed by atoms with Gasteiger partial charge in [0.25, 0.3) is 0 Å². The summed E-state index contributed by atoms with van der Waals surface area (Å²) in [6.07, 6.45) is 0. The number of hydrogen-bond donors (Lipinski definition) is 2. The molecule has 2 aromatic carbocycles. The zero-order valence-electron chi connectivity index (χ0n) is 15.2. The Morgan fingerprint density at radius 3 is 2.22 bits per heavy atom. The lowest BCUT2D eigenvalue weighted by molar-refractivity contribution is -0.125. The average Bonchev–Trinajstić information content (AvgIpc) is 2.70. The van der Waals surface area contributed by atoms with Crippen molar-refractivity contribution in [1.82, 2.24) is 15.5 Å². The summed E-state index contributed by atoms with van der Waals surface area (Å²) in [4.78, 5) is 28.7. The molecule has 1 atom stereocenters. The highest BCUT2D eigenvalue weighted by atomic mass is 35.5. The Balaban J connectivity index is 1.75. The van der Waals surface area contributed by atoms with E-state index in [0.717, 1.165) is 29.4 Å². The minimum Gasteiger partial charge on any atom is -0.368 e. The second-order valence-electron chi connectivity index (χ2n) is 6.36. The van der Waals surface area contributed by atoms with Gasteiger partial charge in [-0.1, -0.05) is 54.1 Å². The Morgan fingerprint density at radius 1 is 0.963 bits per heavy atom. The lowest BCUT2D eigenvalue weighted by Crippen LogP contribution is -2.52. The number of urea groups is 1. The number of amides is 3. The number of nitrogens with one attached hydrogen (secondary N) is 2. The molecule has 0 aromatic heterocycles. The molecule has 0 bridgehead atoms. The number of rotatable bonds is 4. The molecule has 1 saturated heterocycles. The van der Waals surface area contributed by atoms with Gasteiger partial charge in [0, 0.05) is 33.2 Å². The predicted molar refractivity (Wildman–Crippen MR) is 107 cm³/mol. The zero-order valence-corrected chi connectivity index (χ0v) is 15.9. The van der Waals surface area contributed by atoms with Crippen molar-refractivity contribution >= 4 is 29.2 Å². The van der Waals surface area contributed by atoms with Gasteiger partial charge in [-0.25, -0.2) is 4.79 Å². The van der Waals surface area contributed by atoms with Gasteiger partial charge in [-0.3, -0.25) is 15.0 Å². The Kier molecular flexibility index (Phi) is 6.32. The molecule has 0 aliphatic carbocycles. The quantitative estimate of drug-likeness (QED) is 0.847. The van der Waals surface area contributed by atoms with Gasteiger partial charge in [0.2, 0.25) is 5.91 Å². The number of halogens is 1. The first-order valence-corrected chi connectivity index (χ1v) is 9.29. The van der Waals surface area contributed by atoms with Gasteiger partial charge < -0.3 is 10.2 Å². The monoisotopic (exact) mass is 386 g/mol. The molecule has 0 spiro atoms. The van der Waals surface area contributed by atoms with Crippen LogP contribution in [0, 0.1) is 0 Å². The first-order chi connectivity index (χ1) is 13.1. The fourth-order valence-electron chi connectivity index (χ4n) is 3.34. The highest BCUT2D eigenvalue weighted by Gasteiger charge is 2.31. The molecule has 142 valence electrons. The Morgan fingerprint density at radius 2 is 1.59 bits per heavy atom. The molecule has 1 heterocycles. The zero-order chi connectivity index (χ0) is 19.2. The fraction of sp³-hybridized carbons (Fsp3) is 0.300. The third-order valence-electron chi connectivity index (χ3n) is 4.70. The van der Waals surface area contributed by atoms with E-state index in [2.05, 4.69) is 20.4 Å². The third-order valence-corrected chi connectivity index (χ3v) is 5.02. The van der Waals surface area contributed by atoms with Gasteiger partial charge >= 0.3 is 6.03 Å². The van der Waals surface area contributed by atoms with Gasteiger partial charge in [-0.05, 0) is 17.7 Å². The van der Waals surface area contributed by atoms with Crippen LogP contribution in [0.2, 0.25) is 5.02 Å². The van der Waals surface area contributed by atoms with Gasteiger partial charge in [0.15, 0.2) is 0 Å². The molecule has 2 N–H and O–H groups in total. The van der Waals surface area contributed by atoms with Crippen LogP contribution in [0.1, 0.15) is 11.6 Å². The summed E-state index contributed by atoms with van der Waals surface area (Å²) in [5, 5.41) is 5.56. The SMILES string of the molecule is CNC(=O)NC(=O)[C@H](c1ccccc1)N1CCN(c2ccccc2Cl)CC1. The van der Waals surface area contributed by atoms with Crippen LogP contribution in [0.25, 0.3) is 0 Å². The van der Waals surface area contributed by atoms with Crippen molar-refractivity contribution < 1.29 is 9.59 Å². The number of imide groups is 1. The summed E-state index contributed by atoms with van der Waals surface area (Å²) >= 11 is 6.31. The molecule has 27 heavy (non-hydrogen) atoms. The maximum atomic E-state index is 12.8. The molecule has 1 aliphatic heterocycles. The van der Waals surface area contributed by atoms with Crippen molar-refractivity contribution in [2.75, 3.05) is 38.1 Å². The van der Waals surface area contributed by atoms with Gasteiger partial charge in [0.1, 0.15) is 6.04 Å². The van der Waals surface area contributed by atoms with Crippen molar-refractivity contribution in [1.29, 1.82) is 0 Å². The molecule has 0 saturated carbocycles. The van der Waals surface area contributed by atoms with Crippen molar-refractivity contribution in [2.24, 2.45) is 0 Å². The predicted octanol–water partition coefficient (Wildman–Crippen LogP) is 2.66. The first-order valence-electron chi connectivity index (χ1n) is 8.91. The maximum Gasteiger partial charge on any atom is 0.321 e. The molecule has 3 amide bonds. The van der Waals surface area contributed by atoms with E-state index in [-0.39, 0.29) is 5.91 Å². The van der Waals surface area contributed by atoms with E-state index in [4.69, 9.17) is 11.6 Å². The number of hydrogen-bond acceptors (Lipinski definition) is 4. The van der Waals surface area contributed by atoms with E-state index in [0.29, 0.717) is 13.1 Å². The number of carbonyl (C=O) groups excluding carboxylic acids is 2. The van der Waals surface area contributed by atoms with Crippen LogP contribution in [0.15, 0.2) is 54.6 Å². The van der Waals surface area contributed by atoms with E-state index in [9.17, 15) is 9.59 Å². The molecule has 1 aliphatic rings. The van der Waals surface area contributed by atoms with Crippen LogP contribution < -0.4 is 15.5 Å². The lowest BCUT2D eigenvalue weighted by Gasteiger charge is -2.39. The van der Waals surface area contributed by atoms with Crippen molar-refractivity contribution in [2.45, 2.75) is 6.04 Å². The van der Waals surface area contributed by atoms with Crippen LogP contribution in [-0.4, -0.2) is 50.1 Å². The molecule has 7 heteroatoms. The summed E-state index contributed by atoms with van der Waals surface area (Å²) in [6.45, 7) is 2.87. The third kappa shape index (κ3) is 4.59. The minimum absolute atomic E-state index is 0.327. The molecule has 1 fully saturated rings. The van der Waals surface area contributed by atoms with E-state index >= 15 is 0 Å². The molecule has 3 rings (SSSR count). The smallest absolute Gasteiger partial charge is 0.321 e. The summed E-state index contributed by atoms with van der Waals surface area (Å²) < 4.78 is 0. The normalized spacial score (nSPS) is 15.9. The van der Waals surface area contributed by atoms with Gasteiger partial charge in [-0.2, -0.15) is 0 Å². The largest absolute Gasteiger partial charge is 0.368 e. The highest BCUT2D eigenvalue weighted by molar-refractivity contribution is 6.33. The summed E-state index contributed by atoms with van der Waals surface area (Å²) in [7, 11) is 1.49. The van der Waals surface area contributed by atoms with E-state index in [1.165, 1.54) is 7.05 Å². The van der Waals surface area contributed by atoms with Crippen molar-refractivity contribution in [3.8, 4) is 0 Å². The molecule has 6 nitrogen and oxygen atoms in total. The van der Waals surface area contributed by atoms with Crippen LogP contribution in [0.5, 0.6) is 0 Å². The van der Waals surface area contributed by atoms with Crippen LogP contribution in [0.4, 0.5) is 10.5 Å². The minimum atomic E-state index is -0.517. The molecular formula is C20H23ClN4O2. The Hall–Kier alpha value is -2.57. The second-order valence-corrected chi connectivity index (χ2v) is 6.76. The van der Waals surface area contributed by atoms with E-state index in [1.807, 2.05) is 54.6 Å². The maximum absolute atomic E-state index is 12.8. The number of carbonyl (C=O) groups is 2. The first kappa shape index (κ1) is 19.2. The Labute approximate surface area is 164 Å². The standard InChI is InChI=1S/C20H23ClN4O2/c1-22-20(27)23-19(26)18(15-7-3-2-4-8-15)25-13-11-24(12-14-25)17-10-6-5-9-16(17)21/h2-10,18H,11-14H2,1H3,(H2,22,23,26,27)/t18-/m0/s1. The van der Waals surface area contributed by atoms with Crippen LogP contribution in [-0.2, 0) is 4.79 Å². The number of anilines is 1. The summed E-state index contributed by atoms with van der Waals surface area (Å²) in [6, 6.07) is 16.3. The van der Waals surface area contributed by atoms with E-state index < -0.39 is 12.1 Å². The van der Waals surface area contributed by atoms with Gasteiger partial charge in [-0.15, -0.1) is 0 Å². The number of benzene rings is 2. The van der Waals surface area contributed by atoms with Gasteiger partial charge in [0.05, 0.1) is 10.7 Å². The summed E-state index contributed by atoms with van der Waals surface area (Å²) in [5.74, 6) is -0.327. The van der Waals surface area contributed by atoms with Crippen LogP contribution >= 0.6 is 11.6 Å². The molecule has 0 radical (unpaired) electrons. The topological polar surface area (TPSA) is 64.7 Å². The molecule has 0 unspecified atom stereocenters. The van der Waals surface area contributed by atoms with Crippen molar-refractivity contribution in [3.63, 3.8) is 0 Å². The number of piperazine rings is 1. The van der Waals surface area contributed by atoms with Crippen molar-refractivity contribution in [3.05, 3.63) is 65.2 Å². The number of para-hydroxylation sites is 1.